The molecule has 0 atom stereocenters. The van der Waals surface area contributed by atoms with Gasteiger partial charge >= 0.3 is 0 Å². The van der Waals surface area contributed by atoms with Gasteiger partial charge in [0.1, 0.15) is 6.54 Å². The number of anilines is 1. The predicted molar refractivity (Wildman–Crippen MR) is 157 cm³/mol. The second-order valence-corrected chi connectivity index (χ2v) is 11.8. The molecule has 0 aliphatic carbocycles. The summed E-state index contributed by atoms with van der Waals surface area (Å²) >= 11 is 6.03. The van der Waals surface area contributed by atoms with Crippen molar-refractivity contribution in [2.45, 2.75) is 38.5 Å². The lowest BCUT2D eigenvalue weighted by Gasteiger charge is -2.24. The monoisotopic (exact) mass is 562 g/mol. The van der Waals surface area contributed by atoms with Gasteiger partial charge in [-0.05, 0) is 79.9 Å². The van der Waals surface area contributed by atoms with Crippen molar-refractivity contribution in [2.75, 3.05) is 10.8 Å². The highest BCUT2D eigenvalue weighted by atomic mass is 35.5. The Kier molecular flexibility index (Phi) is 8.57. The van der Waals surface area contributed by atoms with Crippen molar-refractivity contribution in [3.63, 3.8) is 0 Å². The lowest BCUT2D eigenvalue weighted by atomic mass is 10.0. The summed E-state index contributed by atoms with van der Waals surface area (Å²) in [6, 6.07) is 24.7. The zero-order valence-electron chi connectivity index (χ0n) is 22.3. The number of sulfonamides is 1. The normalized spacial score (nSPS) is 11.7. The molecule has 3 aromatic carbocycles. The maximum absolute atomic E-state index is 13.5. The molecule has 1 aromatic heterocycles. The van der Waals surface area contributed by atoms with Crippen LogP contribution in [-0.4, -0.2) is 31.7 Å². The Morgan fingerprint density at radius 3 is 2.26 bits per heavy atom. The topological polar surface area (TPSA) is 83.8 Å². The molecule has 4 aromatic rings. The second-order valence-electron chi connectivity index (χ2n) is 9.50. The van der Waals surface area contributed by atoms with Crippen molar-refractivity contribution in [3.8, 4) is 5.69 Å². The third kappa shape index (κ3) is 6.41. The Morgan fingerprint density at radius 1 is 1.00 bits per heavy atom. The average Bonchev–Trinajstić information content (AvgIpc) is 3.20. The molecule has 39 heavy (non-hydrogen) atoms. The summed E-state index contributed by atoms with van der Waals surface area (Å²) in [5.41, 5.74) is 7.66. The number of carbonyl (C=O) groups excluding carboxylic acids is 1. The van der Waals surface area contributed by atoms with Crippen molar-refractivity contribution in [2.24, 2.45) is 5.10 Å². The minimum atomic E-state index is -3.99. The van der Waals surface area contributed by atoms with Gasteiger partial charge in [-0.2, -0.15) is 5.10 Å². The van der Waals surface area contributed by atoms with E-state index in [0.29, 0.717) is 10.7 Å². The van der Waals surface area contributed by atoms with Crippen molar-refractivity contribution in [3.05, 3.63) is 112 Å². The van der Waals surface area contributed by atoms with Crippen LogP contribution in [0.4, 0.5) is 5.69 Å². The average molecular weight is 563 g/mol. The summed E-state index contributed by atoms with van der Waals surface area (Å²) in [6.45, 7) is 7.63. The Morgan fingerprint density at radius 2 is 1.64 bits per heavy atom. The fraction of sp³-hybridized carbons (Fsp3) is 0.200. The van der Waals surface area contributed by atoms with Crippen LogP contribution >= 0.6 is 11.6 Å². The van der Waals surface area contributed by atoms with Gasteiger partial charge in [-0.1, -0.05) is 55.8 Å². The SMILES string of the molecule is Cc1cc(/C=N/NC(=O)CN(c2ccc(C(C)C)cc2)S(=O)(=O)c2ccccc2)c(C)n1-c1ccc(Cl)cc1. The fourth-order valence-corrected chi connectivity index (χ4v) is 5.87. The van der Waals surface area contributed by atoms with Crippen LogP contribution in [-0.2, 0) is 14.8 Å². The van der Waals surface area contributed by atoms with E-state index in [1.165, 1.54) is 12.1 Å². The molecular weight excluding hydrogens is 532 g/mol. The van der Waals surface area contributed by atoms with Crippen LogP contribution in [0.15, 0.2) is 94.9 Å². The molecule has 0 spiro atoms. The van der Waals surface area contributed by atoms with Crippen LogP contribution in [0.2, 0.25) is 5.02 Å². The minimum Gasteiger partial charge on any atom is -0.318 e. The van der Waals surface area contributed by atoms with E-state index in [2.05, 4.69) is 28.9 Å². The first kappa shape index (κ1) is 28.1. The number of hydrogen-bond donors (Lipinski definition) is 1. The largest absolute Gasteiger partial charge is 0.318 e. The minimum absolute atomic E-state index is 0.101. The molecule has 0 fully saturated rings. The summed E-state index contributed by atoms with van der Waals surface area (Å²) in [5.74, 6) is -0.275. The molecule has 202 valence electrons. The number of hydrogen-bond acceptors (Lipinski definition) is 4. The molecule has 0 aliphatic heterocycles. The highest BCUT2D eigenvalue weighted by molar-refractivity contribution is 7.92. The Hall–Kier alpha value is -3.88. The summed E-state index contributed by atoms with van der Waals surface area (Å²) < 4.78 is 30.2. The van der Waals surface area contributed by atoms with Gasteiger partial charge in [-0.15, -0.1) is 0 Å². The molecule has 0 radical (unpaired) electrons. The number of nitrogens with one attached hydrogen (secondary N) is 1. The molecule has 9 heteroatoms. The summed E-state index contributed by atoms with van der Waals surface area (Å²) in [5, 5.41) is 4.78. The maximum atomic E-state index is 13.5. The molecule has 1 amide bonds. The highest BCUT2D eigenvalue weighted by Crippen LogP contribution is 2.26. The molecule has 1 heterocycles. The number of aryl methyl sites for hydroxylation is 1. The number of aromatic nitrogens is 1. The highest BCUT2D eigenvalue weighted by Gasteiger charge is 2.27. The number of hydrazone groups is 1. The van der Waals surface area contributed by atoms with E-state index in [-0.39, 0.29) is 10.8 Å². The smallest absolute Gasteiger partial charge is 0.264 e. The van der Waals surface area contributed by atoms with E-state index in [4.69, 9.17) is 11.6 Å². The van der Waals surface area contributed by atoms with E-state index >= 15 is 0 Å². The number of rotatable bonds is 9. The first-order valence-corrected chi connectivity index (χ1v) is 14.3. The van der Waals surface area contributed by atoms with Crippen LogP contribution in [0.1, 0.15) is 42.3 Å². The van der Waals surface area contributed by atoms with Gasteiger partial charge in [-0.3, -0.25) is 9.10 Å². The van der Waals surface area contributed by atoms with E-state index in [1.54, 1.807) is 36.5 Å². The second kappa shape index (κ2) is 11.9. The van der Waals surface area contributed by atoms with Crippen molar-refractivity contribution in [1.29, 1.82) is 0 Å². The van der Waals surface area contributed by atoms with Crippen LogP contribution in [0, 0.1) is 13.8 Å². The van der Waals surface area contributed by atoms with Gasteiger partial charge < -0.3 is 4.57 Å². The number of halogens is 1. The van der Waals surface area contributed by atoms with Gasteiger partial charge in [0, 0.05) is 27.7 Å². The van der Waals surface area contributed by atoms with Gasteiger partial charge in [0.05, 0.1) is 16.8 Å². The van der Waals surface area contributed by atoms with Gasteiger partial charge in [-0.25, -0.2) is 13.8 Å². The van der Waals surface area contributed by atoms with Crippen LogP contribution < -0.4 is 9.73 Å². The third-order valence-corrected chi connectivity index (χ3v) is 8.45. The summed E-state index contributed by atoms with van der Waals surface area (Å²) in [7, 11) is -3.99. The van der Waals surface area contributed by atoms with Crippen LogP contribution in [0.3, 0.4) is 0 Å². The van der Waals surface area contributed by atoms with Crippen LogP contribution in [0.25, 0.3) is 5.69 Å². The van der Waals surface area contributed by atoms with Crippen molar-refractivity contribution >= 4 is 39.4 Å². The standard InChI is InChI=1S/C30H31ClN4O3S/c1-21(2)24-10-14-27(15-11-24)34(39(37,38)29-8-6-5-7-9-29)20-30(36)33-32-19-25-18-22(3)35(23(25)4)28-16-12-26(31)13-17-28/h5-19,21H,20H2,1-4H3,(H,33,36)/b32-19+. The van der Waals surface area contributed by atoms with Crippen LogP contribution in [0.5, 0.6) is 0 Å². The summed E-state index contributed by atoms with van der Waals surface area (Å²) in [6.07, 6.45) is 1.56. The lowest BCUT2D eigenvalue weighted by molar-refractivity contribution is -0.119. The first-order chi connectivity index (χ1) is 18.6. The van der Waals surface area contributed by atoms with E-state index in [0.717, 1.165) is 32.5 Å². The Labute approximate surface area is 234 Å². The molecule has 7 nitrogen and oxygen atoms in total. The van der Waals surface area contributed by atoms with E-state index in [9.17, 15) is 13.2 Å². The summed E-state index contributed by atoms with van der Waals surface area (Å²) in [4.78, 5) is 13.0. The van der Waals surface area contributed by atoms with Gasteiger partial charge in [0.15, 0.2) is 0 Å². The number of amides is 1. The molecule has 0 aliphatic rings. The Bertz CT molecular complexity index is 1580. The Balaban J connectivity index is 1.55. The molecule has 4 rings (SSSR count). The van der Waals surface area contributed by atoms with Crippen molar-refractivity contribution in [1.82, 2.24) is 9.99 Å². The predicted octanol–water partition coefficient (Wildman–Crippen LogP) is 6.22. The number of nitrogens with zero attached hydrogens (tertiary/aromatic N) is 3. The third-order valence-electron chi connectivity index (χ3n) is 6.41. The number of carbonyl (C=O) groups is 1. The maximum Gasteiger partial charge on any atom is 0.264 e. The quantitative estimate of drug-likeness (QED) is 0.194. The van der Waals surface area contributed by atoms with E-state index in [1.807, 2.05) is 56.3 Å². The fourth-order valence-electron chi connectivity index (χ4n) is 4.31. The number of benzene rings is 3. The molecule has 0 saturated carbocycles. The van der Waals surface area contributed by atoms with Gasteiger partial charge in [0.2, 0.25) is 0 Å². The molecule has 0 bridgehead atoms. The first-order valence-electron chi connectivity index (χ1n) is 12.5. The molecule has 1 N–H and O–H groups in total. The lowest BCUT2D eigenvalue weighted by Crippen LogP contribution is -2.39. The molecule has 0 unspecified atom stereocenters. The molecule has 0 saturated heterocycles. The van der Waals surface area contributed by atoms with Gasteiger partial charge in [0.25, 0.3) is 15.9 Å². The molecular formula is C30H31ClN4O3S. The zero-order chi connectivity index (χ0) is 28.2. The van der Waals surface area contributed by atoms with Crippen molar-refractivity contribution < 1.29 is 13.2 Å². The van der Waals surface area contributed by atoms with E-state index < -0.39 is 22.5 Å². The zero-order valence-corrected chi connectivity index (χ0v) is 23.9.